The van der Waals surface area contributed by atoms with Crippen LogP contribution in [0.1, 0.15) is 15.9 Å². The summed E-state index contributed by atoms with van der Waals surface area (Å²) in [5.74, 6) is -0.301. The van der Waals surface area contributed by atoms with Crippen molar-refractivity contribution >= 4 is 34.0 Å². The Balaban J connectivity index is 0.00000280. The van der Waals surface area contributed by atoms with Crippen molar-refractivity contribution in [3.63, 3.8) is 0 Å². The van der Waals surface area contributed by atoms with Gasteiger partial charge in [-0.1, -0.05) is 18.2 Å². The summed E-state index contributed by atoms with van der Waals surface area (Å²) in [6.07, 6.45) is 0.664. The standard InChI is InChI=1S/C19H23N3O4S.ClH/c20-17-6-4-15(5-7-17)8-9-21-19(23)16-2-1-3-18(14-16)27(24,25)22-10-12-26-13-11-22;/h1-7,14H,8-13,20H2,(H,21,23);1H. The molecule has 9 heteroatoms. The molecular weight excluding hydrogens is 402 g/mol. The molecule has 0 unspecified atom stereocenters. The van der Waals surface area contributed by atoms with Crippen LogP contribution in [0.2, 0.25) is 0 Å². The smallest absolute Gasteiger partial charge is 0.251 e. The summed E-state index contributed by atoms with van der Waals surface area (Å²) >= 11 is 0. The summed E-state index contributed by atoms with van der Waals surface area (Å²) in [5, 5.41) is 2.82. The number of benzene rings is 2. The maximum absolute atomic E-state index is 12.7. The number of rotatable bonds is 6. The number of halogens is 1. The lowest BCUT2D eigenvalue weighted by Gasteiger charge is -2.26. The summed E-state index contributed by atoms with van der Waals surface area (Å²) in [7, 11) is -3.62. The van der Waals surface area contributed by atoms with Crippen LogP contribution in [-0.2, 0) is 21.2 Å². The minimum Gasteiger partial charge on any atom is -0.399 e. The van der Waals surface area contributed by atoms with Gasteiger partial charge in [0.1, 0.15) is 0 Å². The van der Waals surface area contributed by atoms with Gasteiger partial charge in [-0.15, -0.1) is 12.4 Å². The maximum Gasteiger partial charge on any atom is 0.251 e. The number of nitrogens with two attached hydrogens (primary N) is 1. The fourth-order valence-corrected chi connectivity index (χ4v) is 4.29. The molecule has 0 aromatic heterocycles. The quantitative estimate of drug-likeness (QED) is 0.685. The third kappa shape index (κ3) is 5.45. The molecule has 3 N–H and O–H groups in total. The molecule has 0 aliphatic carbocycles. The molecule has 1 aliphatic heterocycles. The van der Waals surface area contributed by atoms with Gasteiger partial charge in [0, 0.05) is 30.9 Å². The summed E-state index contributed by atoms with van der Waals surface area (Å²) in [5.41, 5.74) is 7.73. The van der Waals surface area contributed by atoms with Crippen LogP contribution in [0.25, 0.3) is 0 Å². The molecule has 1 fully saturated rings. The van der Waals surface area contributed by atoms with E-state index in [-0.39, 0.29) is 23.2 Å². The van der Waals surface area contributed by atoms with E-state index in [2.05, 4.69) is 5.32 Å². The highest BCUT2D eigenvalue weighted by Gasteiger charge is 2.26. The minimum absolute atomic E-state index is 0. The molecular formula is C19H24ClN3O4S. The van der Waals surface area contributed by atoms with Crippen molar-refractivity contribution in [3.8, 4) is 0 Å². The fourth-order valence-electron chi connectivity index (χ4n) is 2.84. The molecule has 1 saturated heterocycles. The first kappa shape index (κ1) is 22.2. The summed E-state index contributed by atoms with van der Waals surface area (Å²) in [6, 6.07) is 13.6. The normalized spacial score (nSPS) is 14.9. The predicted octanol–water partition coefficient (Wildman–Crippen LogP) is 1.68. The zero-order valence-electron chi connectivity index (χ0n) is 15.3. The first-order valence-electron chi connectivity index (χ1n) is 8.77. The van der Waals surface area contributed by atoms with Crippen LogP contribution in [0.3, 0.4) is 0 Å². The first-order chi connectivity index (χ1) is 13.0. The first-order valence-corrected chi connectivity index (χ1v) is 10.2. The molecule has 1 aliphatic rings. The Bertz CT molecular complexity index is 898. The number of amides is 1. The van der Waals surface area contributed by atoms with E-state index in [1.165, 1.54) is 16.4 Å². The number of sulfonamides is 1. The molecule has 0 atom stereocenters. The average Bonchev–Trinajstić information content (AvgIpc) is 2.70. The highest BCUT2D eigenvalue weighted by molar-refractivity contribution is 7.89. The monoisotopic (exact) mass is 425 g/mol. The predicted molar refractivity (Wildman–Crippen MR) is 110 cm³/mol. The number of nitrogens with one attached hydrogen (secondary N) is 1. The van der Waals surface area contributed by atoms with E-state index in [4.69, 9.17) is 10.5 Å². The molecule has 0 radical (unpaired) electrons. The van der Waals surface area contributed by atoms with Crippen LogP contribution in [0.4, 0.5) is 5.69 Å². The third-order valence-corrected chi connectivity index (χ3v) is 6.28. The van der Waals surface area contributed by atoms with E-state index >= 15 is 0 Å². The van der Waals surface area contributed by atoms with E-state index in [1.54, 1.807) is 12.1 Å². The van der Waals surface area contributed by atoms with E-state index in [0.717, 1.165) is 5.56 Å². The Morgan fingerprint density at radius 2 is 1.79 bits per heavy atom. The van der Waals surface area contributed by atoms with Crippen LogP contribution in [0.15, 0.2) is 53.4 Å². The SMILES string of the molecule is Cl.Nc1ccc(CCNC(=O)c2cccc(S(=O)(=O)N3CCOCC3)c2)cc1. The lowest BCUT2D eigenvalue weighted by Crippen LogP contribution is -2.40. The van der Waals surface area contributed by atoms with E-state index in [1.807, 2.05) is 24.3 Å². The van der Waals surface area contributed by atoms with Gasteiger partial charge in [0.25, 0.3) is 5.91 Å². The van der Waals surface area contributed by atoms with Gasteiger partial charge in [-0.25, -0.2) is 8.42 Å². The number of nitrogen functional groups attached to an aromatic ring is 1. The summed E-state index contributed by atoms with van der Waals surface area (Å²) in [4.78, 5) is 12.5. The molecule has 2 aromatic carbocycles. The Kier molecular flexibility index (Phi) is 7.82. The van der Waals surface area contributed by atoms with E-state index in [0.29, 0.717) is 50.5 Å². The fraction of sp³-hybridized carbons (Fsp3) is 0.316. The zero-order valence-corrected chi connectivity index (χ0v) is 17.0. The number of morpholine rings is 1. The average molecular weight is 426 g/mol. The molecule has 28 heavy (non-hydrogen) atoms. The number of anilines is 1. The minimum atomic E-state index is -3.62. The molecule has 152 valence electrons. The van der Waals surface area contributed by atoms with Gasteiger partial charge >= 0.3 is 0 Å². The number of nitrogens with zero attached hydrogens (tertiary/aromatic N) is 1. The van der Waals surface area contributed by atoms with Crippen molar-refractivity contribution in [2.45, 2.75) is 11.3 Å². The third-order valence-electron chi connectivity index (χ3n) is 4.38. The lowest BCUT2D eigenvalue weighted by molar-refractivity contribution is 0.0730. The number of hydrogen-bond donors (Lipinski definition) is 2. The van der Waals surface area contributed by atoms with Crippen molar-refractivity contribution in [2.75, 3.05) is 38.6 Å². The summed E-state index contributed by atoms with van der Waals surface area (Å²) < 4.78 is 32.0. The van der Waals surface area contributed by atoms with Gasteiger partial charge in [-0.2, -0.15) is 4.31 Å². The molecule has 0 bridgehead atoms. The van der Waals surface area contributed by atoms with Crippen LogP contribution in [-0.4, -0.2) is 51.5 Å². The molecule has 2 aromatic rings. The zero-order chi connectivity index (χ0) is 19.3. The lowest BCUT2D eigenvalue weighted by atomic mass is 10.1. The van der Waals surface area contributed by atoms with Gasteiger partial charge in [-0.3, -0.25) is 4.79 Å². The molecule has 0 saturated carbocycles. The molecule has 1 amide bonds. The van der Waals surface area contributed by atoms with Crippen LogP contribution >= 0.6 is 12.4 Å². The van der Waals surface area contributed by atoms with Gasteiger partial charge in [0.15, 0.2) is 0 Å². The molecule has 7 nitrogen and oxygen atoms in total. The van der Waals surface area contributed by atoms with Crippen LogP contribution in [0.5, 0.6) is 0 Å². The second-order valence-corrected chi connectivity index (χ2v) is 8.23. The van der Waals surface area contributed by atoms with E-state index in [9.17, 15) is 13.2 Å². The van der Waals surface area contributed by atoms with Crippen molar-refractivity contribution in [1.29, 1.82) is 0 Å². The number of carbonyl (C=O) groups is 1. The Morgan fingerprint density at radius 3 is 2.46 bits per heavy atom. The van der Waals surface area contributed by atoms with Gasteiger partial charge in [0.2, 0.25) is 10.0 Å². The number of carbonyl (C=O) groups excluding carboxylic acids is 1. The number of ether oxygens (including phenoxy) is 1. The van der Waals surface area contributed by atoms with Crippen molar-refractivity contribution in [1.82, 2.24) is 9.62 Å². The number of hydrogen-bond acceptors (Lipinski definition) is 5. The molecule has 0 spiro atoms. The Morgan fingerprint density at radius 1 is 1.11 bits per heavy atom. The van der Waals surface area contributed by atoms with Gasteiger partial charge in [-0.05, 0) is 42.3 Å². The van der Waals surface area contributed by atoms with Crippen LogP contribution < -0.4 is 11.1 Å². The Hall–Kier alpha value is -2.13. The highest BCUT2D eigenvalue weighted by atomic mass is 35.5. The largest absolute Gasteiger partial charge is 0.399 e. The van der Waals surface area contributed by atoms with E-state index < -0.39 is 10.0 Å². The van der Waals surface area contributed by atoms with Crippen molar-refractivity contribution in [3.05, 3.63) is 59.7 Å². The second-order valence-electron chi connectivity index (χ2n) is 6.29. The molecule has 3 rings (SSSR count). The summed E-state index contributed by atoms with van der Waals surface area (Å²) in [6.45, 7) is 1.85. The Labute approximate surface area is 171 Å². The van der Waals surface area contributed by atoms with Crippen LogP contribution in [0, 0.1) is 0 Å². The maximum atomic E-state index is 12.7. The topological polar surface area (TPSA) is 102 Å². The van der Waals surface area contributed by atoms with Crippen molar-refractivity contribution < 1.29 is 17.9 Å². The second kappa shape index (κ2) is 9.88. The molecule has 1 heterocycles. The highest BCUT2D eigenvalue weighted by Crippen LogP contribution is 2.18. The van der Waals surface area contributed by atoms with Crippen molar-refractivity contribution in [2.24, 2.45) is 0 Å². The van der Waals surface area contributed by atoms with Gasteiger partial charge < -0.3 is 15.8 Å². The van der Waals surface area contributed by atoms with Gasteiger partial charge in [0.05, 0.1) is 18.1 Å².